The van der Waals surface area contributed by atoms with Crippen LogP contribution in [0.5, 0.6) is 0 Å². The summed E-state index contributed by atoms with van der Waals surface area (Å²) < 4.78 is 0. The van der Waals surface area contributed by atoms with E-state index in [4.69, 9.17) is 5.73 Å². The highest BCUT2D eigenvalue weighted by molar-refractivity contribution is 5.77. The summed E-state index contributed by atoms with van der Waals surface area (Å²) in [7, 11) is 0. The van der Waals surface area contributed by atoms with Gasteiger partial charge in [-0.15, -0.1) is 0 Å². The van der Waals surface area contributed by atoms with Gasteiger partial charge < -0.3 is 15.6 Å². The molecule has 0 aliphatic carbocycles. The first-order valence-electron chi connectivity index (χ1n) is 6.67. The lowest BCUT2D eigenvalue weighted by Gasteiger charge is -2.45. The van der Waals surface area contributed by atoms with Crippen LogP contribution >= 0.6 is 0 Å². The highest BCUT2D eigenvalue weighted by Crippen LogP contribution is 2.27. The van der Waals surface area contributed by atoms with Gasteiger partial charge in [0.15, 0.2) is 0 Å². The molecule has 0 radical (unpaired) electrons. The van der Waals surface area contributed by atoms with Gasteiger partial charge in [-0.25, -0.2) is 0 Å². The predicted molar refractivity (Wildman–Crippen MR) is 72.1 cm³/mol. The number of carbonyl (C=O) groups is 1. The molecule has 1 aliphatic heterocycles. The lowest BCUT2D eigenvalue weighted by molar-refractivity contribution is -0.138. The number of nitrogens with two attached hydrogens (primary N) is 1. The molecule has 1 aromatic heterocycles. The van der Waals surface area contributed by atoms with E-state index in [-0.39, 0.29) is 17.5 Å². The number of amides is 1. The second-order valence-corrected chi connectivity index (χ2v) is 5.81. The van der Waals surface area contributed by atoms with Crippen LogP contribution in [0, 0.1) is 0 Å². The molecule has 18 heavy (non-hydrogen) atoms. The molecule has 2 heterocycles. The number of aryl methyl sites for hydroxylation is 1. The van der Waals surface area contributed by atoms with Crippen LogP contribution in [0.25, 0.3) is 0 Å². The van der Waals surface area contributed by atoms with Gasteiger partial charge in [0.25, 0.3) is 0 Å². The maximum absolute atomic E-state index is 12.3. The van der Waals surface area contributed by atoms with Crippen molar-refractivity contribution in [2.45, 2.75) is 51.1 Å². The third-order valence-corrected chi connectivity index (χ3v) is 3.79. The first kappa shape index (κ1) is 13.1. The molecule has 4 nitrogen and oxygen atoms in total. The third kappa shape index (κ3) is 2.93. The van der Waals surface area contributed by atoms with Gasteiger partial charge in [-0.05, 0) is 45.2 Å². The quantitative estimate of drug-likeness (QED) is 0.856. The number of piperidine rings is 1. The number of rotatable bonds is 3. The number of H-pyrrole nitrogens is 1. The summed E-state index contributed by atoms with van der Waals surface area (Å²) in [6.45, 7) is 5.01. The van der Waals surface area contributed by atoms with Crippen LogP contribution in [0.4, 0.5) is 0 Å². The van der Waals surface area contributed by atoms with Crippen molar-refractivity contribution in [3.63, 3.8) is 0 Å². The molecule has 100 valence electrons. The van der Waals surface area contributed by atoms with Crippen LogP contribution in [-0.4, -0.2) is 33.9 Å². The first-order valence-corrected chi connectivity index (χ1v) is 6.67. The second kappa shape index (κ2) is 5.14. The summed E-state index contributed by atoms with van der Waals surface area (Å²) in [5, 5.41) is 0. The molecular formula is C14H23N3O. The Morgan fingerprint density at radius 3 is 3.00 bits per heavy atom. The van der Waals surface area contributed by atoms with Gasteiger partial charge in [0, 0.05) is 36.4 Å². The first-order chi connectivity index (χ1) is 8.49. The van der Waals surface area contributed by atoms with Crippen molar-refractivity contribution in [3.05, 3.63) is 24.0 Å². The Kier molecular flexibility index (Phi) is 3.76. The fourth-order valence-corrected chi connectivity index (χ4v) is 2.81. The van der Waals surface area contributed by atoms with Crippen LogP contribution < -0.4 is 5.73 Å². The monoisotopic (exact) mass is 249 g/mol. The second-order valence-electron chi connectivity index (χ2n) is 5.81. The van der Waals surface area contributed by atoms with Crippen molar-refractivity contribution < 1.29 is 4.79 Å². The Hall–Kier alpha value is -1.29. The van der Waals surface area contributed by atoms with E-state index in [0.29, 0.717) is 6.42 Å². The van der Waals surface area contributed by atoms with Crippen molar-refractivity contribution in [2.24, 2.45) is 5.73 Å². The van der Waals surface area contributed by atoms with Gasteiger partial charge in [-0.3, -0.25) is 4.79 Å². The van der Waals surface area contributed by atoms with Crippen molar-refractivity contribution >= 4 is 5.91 Å². The molecule has 1 saturated heterocycles. The summed E-state index contributed by atoms with van der Waals surface area (Å²) in [6.07, 6.45) is 5.05. The van der Waals surface area contributed by atoms with Gasteiger partial charge in [0.05, 0.1) is 0 Å². The van der Waals surface area contributed by atoms with E-state index in [1.54, 1.807) is 0 Å². The molecule has 4 heteroatoms. The van der Waals surface area contributed by atoms with Crippen LogP contribution in [0.2, 0.25) is 0 Å². The fourth-order valence-electron chi connectivity index (χ4n) is 2.81. The lowest BCUT2D eigenvalue weighted by Crippen LogP contribution is -2.55. The van der Waals surface area contributed by atoms with Crippen LogP contribution in [0.15, 0.2) is 18.3 Å². The minimum absolute atomic E-state index is 0.107. The van der Waals surface area contributed by atoms with E-state index in [0.717, 1.165) is 31.5 Å². The minimum Gasteiger partial charge on any atom is -0.365 e. The predicted octanol–water partition coefficient (Wildman–Crippen LogP) is 1.68. The van der Waals surface area contributed by atoms with E-state index in [2.05, 4.69) is 18.8 Å². The summed E-state index contributed by atoms with van der Waals surface area (Å²) in [6, 6.07) is 4.21. The van der Waals surface area contributed by atoms with Crippen LogP contribution in [0.3, 0.4) is 0 Å². The van der Waals surface area contributed by atoms with E-state index >= 15 is 0 Å². The number of carbonyl (C=O) groups excluding carboxylic acids is 1. The van der Waals surface area contributed by atoms with Gasteiger partial charge in [-0.2, -0.15) is 0 Å². The average molecular weight is 249 g/mol. The van der Waals surface area contributed by atoms with Crippen LogP contribution in [-0.2, 0) is 11.2 Å². The van der Waals surface area contributed by atoms with E-state index in [1.165, 1.54) is 0 Å². The molecule has 0 aromatic carbocycles. The Morgan fingerprint density at radius 1 is 1.61 bits per heavy atom. The van der Waals surface area contributed by atoms with Crippen molar-refractivity contribution in [2.75, 3.05) is 6.54 Å². The fraction of sp³-hybridized carbons (Fsp3) is 0.643. The SMILES string of the molecule is CC1(C)CC(N)CCN1C(=O)CCc1ccc[nH]1. The molecule has 0 bridgehead atoms. The molecule has 1 aromatic rings. The summed E-state index contributed by atoms with van der Waals surface area (Å²) in [5.74, 6) is 0.238. The van der Waals surface area contributed by atoms with Gasteiger partial charge in [0.2, 0.25) is 5.91 Å². The minimum atomic E-state index is -0.107. The Labute approximate surface area is 109 Å². The topological polar surface area (TPSA) is 62.1 Å². The molecule has 1 atom stereocenters. The molecule has 1 amide bonds. The maximum Gasteiger partial charge on any atom is 0.223 e. The largest absolute Gasteiger partial charge is 0.365 e. The van der Waals surface area contributed by atoms with E-state index in [9.17, 15) is 4.79 Å². The highest BCUT2D eigenvalue weighted by atomic mass is 16.2. The summed E-state index contributed by atoms with van der Waals surface area (Å²) in [5.41, 5.74) is 6.99. The van der Waals surface area contributed by atoms with Crippen molar-refractivity contribution in [1.29, 1.82) is 0 Å². The Balaban J connectivity index is 1.92. The molecule has 2 rings (SSSR count). The number of hydrogen-bond donors (Lipinski definition) is 2. The van der Waals surface area contributed by atoms with Gasteiger partial charge in [0.1, 0.15) is 0 Å². The van der Waals surface area contributed by atoms with Gasteiger partial charge in [-0.1, -0.05) is 0 Å². The van der Waals surface area contributed by atoms with Crippen LogP contribution in [0.1, 0.15) is 38.8 Å². The molecule has 1 unspecified atom stereocenters. The number of aromatic nitrogens is 1. The smallest absolute Gasteiger partial charge is 0.223 e. The van der Waals surface area contributed by atoms with E-state index < -0.39 is 0 Å². The standard InChI is InChI=1S/C14H23N3O/c1-14(2)10-11(15)7-9-17(14)13(18)6-5-12-4-3-8-16-12/h3-4,8,11,16H,5-7,9-10,15H2,1-2H3. The lowest BCUT2D eigenvalue weighted by atomic mass is 9.87. The normalized spacial score (nSPS) is 23.1. The zero-order chi connectivity index (χ0) is 13.2. The number of nitrogens with zero attached hydrogens (tertiary/aromatic N) is 1. The average Bonchev–Trinajstić information content (AvgIpc) is 2.77. The summed E-state index contributed by atoms with van der Waals surface area (Å²) in [4.78, 5) is 17.4. The molecule has 3 N–H and O–H groups in total. The number of aromatic amines is 1. The van der Waals surface area contributed by atoms with Gasteiger partial charge >= 0.3 is 0 Å². The summed E-state index contributed by atoms with van der Waals surface area (Å²) >= 11 is 0. The number of hydrogen-bond acceptors (Lipinski definition) is 2. The van der Waals surface area contributed by atoms with Crippen molar-refractivity contribution in [3.8, 4) is 0 Å². The zero-order valence-electron chi connectivity index (χ0n) is 11.3. The maximum atomic E-state index is 12.3. The van der Waals surface area contributed by atoms with Crippen molar-refractivity contribution in [1.82, 2.24) is 9.88 Å². The Morgan fingerprint density at radius 2 is 2.39 bits per heavy atom. The molecule has 1 aliphatic rings. The molecular weight excluding hydrogens is 226 g/mol. The third-order valence-electron chi connectivity index (χ3n) is 3.79. The van der Waals surface area contributed by atoms with E-state index in [1.807, 2.05) is 23.2 Å². The highest BCUT2D eigenvalue weighted by Gasteiger charge is 2.35. The molecule has 1 fully saturated rings. The number of nitrogens with one attached hydrogen (secondary N) is 1. The molecule has 0 spiro atoms. The zero-order valence-corrected chi connectivity index (χ0v) is 11.3. The molecule has 0 saturated carbocycles. The Bertz CT molecular complexity index is 397. The number of likely N-dealkylation sites (tertiary alicyclic amines) is 1.